The SMILES string of the molecule is Cn1c(=O)n(CC(=O)N[C@H](CC(=O)O)c2ccccc2)c(=O)c2cc(N=C(N)N)ccc21. The highest BCUT2D eigenvalue weighted by molar-refractivity contribution is 5.85. The number of nitrogens with zero attached hydrogens (tertiary/aromatic N) is 3. The lowest BCUT2D eigenvalue weighted by molar-refractivity contribution is -0.137. The summed E-state index contributed by atoms with van der Waals surface area (Å²) in [7, 11) is 1.47. The number of fused-ring (bicyclic) bond motifs is 1. The number of aliphatic imine (C=N–C) groups is 1. The summed E-state index contributed by atoms with van der Waals surface area (Å²) in [6.07, 6.45) is -0.359. The van der Waals surface area contributed by atoms with Gasteiger partial charge in [-0.05, 0) is 23.8 Å². The molecule has 0 unspecified atom stereocenters. The third-order valence-electron chi connectivity index (χ3n) is 4.81. The van der Waals surface area contributed by atoms with Crippen LogP contribution >= 0.6 is 0 Å². The summed E-state index contributed by atoms with van der Waals surface area (Å²) < 4.78 is 2.01. The molecular formula is C21H22N6O5. The van der Waals surface area contributed by atoms with Crippen molar-refractivity contribution >= 4 is 34.4 Å². The maximum atomic E-state index is 13.0. The van der Waals surface area contributed by atoms with Gasteiger partial charge in [0.2, 0.25) is 5.91 Å². The van der Waals surface area contributed by atoms with Crippen LogP contribution in [0.25, 0.3) is 10.9 Å². The van der Waals surface area contributed by atoms with Gasteiger partial charge in [0.25, 0.3) is 5.56 Å². The molecule has 11 nitrogen and oxygen atoms in total. The summed E-state index contributed by atoms with van der Waals surface area (Å²) in [5.41, 5.74) is 10.6. The molecule has 0 aliphatic carbocycles. The van der Waals surface area contributed by atoms with E-state index in [2.05, 4.69) is 10.3 Å². The summed E-state index contributed by atoms with van der Waals surface area (Å²) in [6.45, 7) is -0.586. The minimum Gasteiger partial charge on any atom is -0.481 e. The van der Waals surface area contributed by atoms with E-state index in [1.54, 1.807) is 36.4 Å². The highest BCUT2D eigenvalue weighted by Crippen LogP contribution is 2.18. The third kappa shape index (κ3) is 4.83. The van der Waals surface area contributed by atoms with Crippen molar-refractivity contribution in [2.24, 2.45) is 23.5 Å². The Hall–Kier alpha value is -4.41. The van der Waals surface area contributed by atoms with Gasteiger partial charge in [-0.2, -0.15) is 0 Å². The normalized spacial score (nSPS) is 11.7. The first-order valence-electron chi connectivity index (χ1n) is 9.56. The van der Waals surface area contributed by atoms with Crippen LogP contribution in [0.3, 0.4) is 0 Å². The second kappa shape index (κ2) is 9.16. The molecule has 1 amide bonds. The predicted octanol–water partition coefficient (Wildman–Crippen LogP) is -0.0627. The van der Waals surface area contributed by atoms with Gasteiger partial charge in [-0.3, -0.25) is 23.5 Å². The standard InChI is InChI=1S/C21H22N6O5/c1-26-16-8-7-13(24-20(22)23)9-14(16)19(31)27(21(26)32)11-17(28)25-15(10-18(29)30)12-5-3-2-4-6-12/h2-9,15H,10-11H2,1H3,(H,25,28)(H,29,30)(H4,22,23,24)/t15-/m1/s1. The Bertz CT molecular complexity index is 1320. The van der Waals surface area contributed by atoms with Crippen LogP contribution in [0, 0.1) is 0 Å². The fourth-order valence-electron chi connectivity index (χ4n) is 3.36. The molecule has 0 saturated carbocycles. The molecule has 3 rings (SSSR count). The van der Waals surface area contributed by atoms with E-state index in [1.165, 1.54) is 23.7 Å². The van der Waals surface area contributed by atoms with Crippen molar-refractivity contribution in [2.45, 2.75) is 19.0 Å². The van der Waals surface area contributed by atoms with E-state index in [0.29, 0.717) is 16.8 Å². The summed E-state index contributed by atoms with van der Waals surface area (Å²) in [5.74, 6) is -1.98. The number of aromatic nitrogens is 2. The molecule has 0 saturated heterocycles. The maximum absolute atomic E-state index is 13.0. The Labute approximate surface area is 181 Å². The summed E-state index contributed by atoms with van der Waals surface area (Å²) in [6, 6.07) is 12.2. The van der Waals surface area contributed by atoms with Gasteiger partial charge in [-0.1, -0.05) is 30.3 Å². The lowest BCUT2D eigenvalue weighted by Crippen LogP contribution is -2.44. The van der Waals surface area contributed by atoms with Crippen LogP contribution in [0.4, 0.5) is 5.69 Å². The molecule has 166 valence electrons. The van der Waals surface area contributed by atoms with Gasteiger partial charge in [0.1, 0.15) is 6.54 Å². The molecule has 3 aromatic rings. The number of hydrogen-bond acceptors (Lipinski definition) is 5. The van der Waals surface area contributed by atoms with Gasteiger partial charge in [0, 0.05) is 7.05 Å². The summed E-state index contributed by atoms with van der Waals surface area (Å²) >= 11 is 0. The van der Waals surface area contributed by atoms with Crippen LogP contribution in [0.15, 0.2) is 63.1 Å². The molecule has 0 aliphatic rings. The molecule has 0 aliphatic heterocycles. The summed E-state index contributed by atoms with van der Waals surface area (Å²) in [4.78, 5) is 53.5. The predicted molar refractivity (Wildman–Crippen MR) is 118 cm³/mol. The van der Waals surface area contributed by atoms with Gasteiger partial charge in [0.05, 0.1) is 29.1 Å². The topological polar surface area (TPSA) is 175 Å². The van der Waals surface area contributed by atoms with E-state index in [1.807, 2.05) is 0 Å². The van der Waals surface area contributed by atoms with Gasteiger partial charge < -0.3 is 21.9 Å². The molecule has 0 radical (unpaired) electrons. The van der Waals surface area contributed by atoms with Crippen molar-refractivity contribution in [1.29, 1.82) is 0 Å². The number of rotatable bonds is 7. The number of carbonyl (C=O) groups is 2. The molecule has 11 heteroatoms. The average Bonchev–Trinajstić information content (AvgIpc) is 2.74. The Kier molecular flexibility index (Phi) is 6.38. The Morgan fingerprint density at radius 3 is 2.44 bits per heavy atom. The average molecular weight is 438 g/mol. The van der Waals surface area contributed by atoms with Crippen LogP contribution in [-0.4, -0.2) is 32.1 Å². The van der Waals surface area contributed by atoms with Crippen molar-refractivity contribution in [2.75, 3.05) is 0 Å². The van der Waals surface area contributed by atoms with Gasteiger partial charge in [-0.25, -0.2) is 9.79 Å². The zero-order valence-electron chi connectivity index (χ0n) is 17.2. The molecule has 1 atom stereocenters. The number of aryl methyl sites for hydroxylation is 1. The number of aliphatic carboxylic acids is 1. The van der Waals surface area contributed by atoms with E-state index in [4.69, 9.17) is 11.5 Å². The van der Waals surface area contributed by atoms with E-state index in [0.717, 1.165) is 4.57 Å². The molecular weight excluding hydrogens is 416 g/mol. The lowest BCUT2D eigenvalue weighted by Gasteiger charge is -2.18. The Balaban J connectivity index is 1.97. The Morgan fingerprint density at radius 1 is 1.12 bits per heavy atom. The number of carbonyl (C=O) groups excluding carboxylic acids is 1. The van der Waals surface area contributed by atoms with Crippen molar-refractivity contribution < 1.29 is 14.7 Å². The minimum absolute atomic E-state index is 0.146. The van der Waals surface area contributed by atoms with Crippen LogP contribution in [0.2, 0.25) is 0 Å². The molecule has 2 aromatic carbocycles. The first kappa shape index (κ1) is 22.3. The van der Waals surface area contributed by atoms with Crippen LogP contribution in [0.5, 0.6) is 0 Å². The Morgan fingerprint density at radius 2 is 1.81 bits per heavy atom. The first-order chi connectivity index (χ1) is 15.2. The number of carboxylic acids is 1. The van der Waals surface area contributed by atoms with Crippen molar-refractivity contribution in [1.82, 2.24) is 14.5 Å². The van der Waals surface area contributed by atoms with Gasteiger partial charge >= 0.3 is 11.7 Å². The number of hydrogen-bond donors (Lipinski definition) is 4. The van der Waals surface area contributed by atoms with Crippen molar-refractivity contribution in [3.63, 3.8) is 0 Å². The number of nitrogens with two attached hydrogens (primary N) is 2. The molecule has 0 bridgehead atoms. The first-order valence-corrected chi connectivity index (χ1v) is 9.56. The van der Waals surface area contributed by atoms with E-state index >= 15 is 0 Å². The number of amides is 1. The number of guanidine groups is 1. The number of benzene rings is 2. The van der Waals surface area contributed by atoms with E-state index < -0.39 is 35.7 Å². The monoisotopic (exact) mass is 438 g/mol. The van der Waals surface area contributed by atoms with Crippen LogP contribution in [-0.2, 0) is 23.2 Å². The maximum Gasteiger partial charge on any atom is 0.331 e. The van der Waals surface area contributed by atoms with Crippen LogP contribution in [0.1, 0.15) is 18.0 Å². The zero-order chi connectivity index (χ0) is 23.4. The smallest absolute Gasteiger partial charge is 0.331 e. The van der Waals surface area contributed by atoms with Crippen molar-refractivity contribution in [3.05, 3.63) is 74.9 Å². The van der Waals surface area contributed by atoms with Crippen LogP contribution < -0.4 is 28.0 Å². The highest BCUT2D eigenvalue weighted by atomic mass is 16.4. The molecule has 1 aromatic heterocycles. The third-order valence-corrected chi connectivity index (χ3v) is 4.81. The van der Waals surface area contributed by atoms with Gasteiger partial charge in [-0.15, -0.1) is 0 Å². The molecule has 0 fully saturated rings. The number of nitrogens with one attached hydrogen (secondary N) is 1. The molecule has 6 N–H and O–H groups in total. The largest absolute Gasteiger partial charge is 0.481 e. The number of carboxylic acid groups (broad SMARTS) is 1. The lowest BCUT2D eigenvalue weighted by atomic mass is 10.0. The zero-order valence-corrected chi connectivity index (χ0v) is 17.2. The molecule has 0 spiro atoms. The fourth-order valence-corrected chi connectivity index (χ4v) is 3.36. The van der Waals surface area contributed by atoms with Crippen molar-refractivity contribution in [3.8, 4) is 0 Å². The van der Waals surface area contributed by atoms with E-state index in [9.17, 15) is 24.3 Å². The van der Waals surface area contributed by atoms with E-state index in [-0.39, 0.29) is 17.8 Å². The second-order valence-corrected chi connectivity index (χ2v) is 7.10. The second-order valence-electron chi connectivity index (χ2n) is 7.10. The highest BCUT2D eigenvalue weighted by Gasteiger charge is 2.20. The quantitative estimate of drug-likeness (QED) is 0.295. The van der Waals surface area contributed by atoms with Gasteiger partial charge in [0.15, 0.2) is 5.96 Å². The summed E-state index contributed by atoms with van der Waals surface area (Å²) in [5, 5.41) is 11.9. The minimum atomic E-state index is -1.11. The molecule has 32 heavy (non-hydrogen) atoms. The molecule has 1 heterocycles. The fraction of sp³-hybridized carbons (Fsp3) is 0.190.